The van der Waals surface area contributed by atoms with Gasteiger partial charge in [0, 0.05) is 23.3 Å². The molecule has 0 fully saturated rings. The number of halogens is 1. The van der Waals surface area contributed by atoms with Crippen LogP contribution in [0.25, 0.3) is 11.1 Å². The zero-order valence-electron chi connectivity index (χ0n) is 12.1. The monoisotopic (exact) mass is 331 g/mol. The van der Waals surface area contributed by atoms with E-state index >= 15 is 0 Å². The molecule has 2 N–H and O–H groups in total. The van der Waals surface area contributed by atoms with Crippen LogP contribution >= 0.6 is 23.8 Å². The van der Waals surface area contributed by atoms with E-state index in [0.29, 0.717) is 16.0 Å². The quantitative estimate of drug-likeness (QED) is 0.654. The summed E-state index contributed by atoms with van der Waals surface area (Å²) in [5, 5.41) is 7.47. The SMILES string of the molecule is Cc1nc2cc(NC(=S)Nc3cccc(Cl)c3C)ccc2o1. The molecule has 3 rings (SSSR count). The summed E-state index contributed by atoms with van der Waals surface area (Å²) in [4.78, 5) is 4.30. The van der Waals surface area contributed by atoms with Crippen molar-refractivity contribution in [3.8, 4) is 0 Å². The van der Waals surface area contributed by atoms with Gasteiger partial charge >= 0.3 is 0 Å². The first-order valence-electron chi connectivity index (χ1n) is 6.73. The molecule has 0 saturated heterocycles. The lowest BCUT2D eigenvalue weighted by atomic mass is 10.2. The van der Waals surface area contributed by atoms with Gasteiger partial charge < -0.3 is 15.1 Å². The molecule has 4 nitrogen and oxygen atoms in total. The van der Waals surface area contributed by atoms with Gasteiger partial charge in [0.2, 0.25) is 0 Å². The van der Waals surface area contributed by atoms with Crippen molar-refractivity contribution < 1.29 is 4.42 Å². The van der Waals surface area contributed by atoms with Crippen molar-refractivity contribution >= 4 is 51.4 Å². The molecule has 0 saturated carbocycles. The Kier molecular flexibility index (Phi) is 4.00. The van der Waals surface area contributed by atoms with E-state index in [9.17, 15) is 0 Å². The number of hydrogen-bond acceptors (Lipinski definition) is 3. The molecule has 0 aliphatic carbocycles. The van der Waals surface area contributed by atoms with Gasteiger partial charge in [-0.25, -0.2) is 4.98 Å². The number of anilines is 2. The van der Waals surface area contributed by atoms with Gasteiger partial charge in [0.15, 0.2) is 16.6 Å². The number of aromatic nitrogens is 1. The number of oxazole rings is 1. The topological polar surface area (TPSA) is 50.1 Å². The zero-order chi connectivity index (χ0) is 15.7. The lowest BCUT2D eigenvalue weighted by molar-refractivity contribution is 0.561. The molecule has 0 amide bonds. The van der Waals surface area contributed by atoms with E-state index in [-0.39, 0.29) is 0 Å². The van der Waals surface area contributed by atoms with E-state index in [1.54, 1.807) is 0 Å². The molecule has 0 atom stereocenters. The van der Waals surface area contributed by atoms with E-state index < -0.39 is 0 Å². The van der Waals surface area contributed by atoms with Gasteiger partial charge in [0.1, 0.15) is 5.52 Å². The Hall–Kier alpha value is -2.11. The van der Waals surface area contributed by atoms with Crippen LogP contribution in [0.15, 0.2) is 40.8 Å². The van der Waals surface area contributed by atoms with Crippen LogP contribution in [0.4, 0.5) is 11.4 Å². The molecule has 112 valence electrons. The van der Waals surface area contributed by atoms with Crippen molar-refractivity contribution in [1.82, 2.24) is 4.98 Å². The van der Waals surface area contributed by atoms with Crippen LogP contribution in [0.5, 0.6) is 0 Å². The standard InChI is InChI=1S/C16H14ClN3OS/c1-9-12(17)4-3-5-13(9)20-16(22)19-11-6-7-15-14(8-11)18-10(2)21-15/h3-8H,1-2H3,(H2,19,20,22). The molecule has 6 heteroatoms. The molecule has 1 heterocycles. The molecule has 2 aromatic carbocycles. The maximum atomic E-state index is 6.10. The average molecular weight is 332 g/mol. The van der Waals surface area contributed by atoms with Gasteiger partial charge in [-0.2, -0.15) is 0 Å². The van der Waals surface area contributed by atoms with Gasteiger partial charge in [0.05, 0.1) is 0 Å². The summed E-state index contributed by atoms with van der Waals surface area (Å²) < 4.78 is 5.45. The van der Waals surface area contributed by atoms with E-state index in [1.807, 2.05) is 50.2 Å². The highest BCUT2D eigenvalue weighted by molar-refractivity contribution is 7.80. The highest BCUT2D eigenvalue weighted by Crippen LogP contribution is 2.24. The van der Waals surface area contributed by atoms with E-state index in [0.717, 1.165) is 28.0 Å². The fourth-order valence-corrected chi connectivity index (χ4v) is 2.55. The molecule has 3 aromatic rings. The molecule has 0 aliphatic rings. The Morgan fingerprint density at radius 1 is 1.18 bits per heavy atom. The van der Waals surface area contributed by atoms with Gasteiger partial charge in [-0.15, -0.1) is 0 Å². The number of hydrogen-bond donors (Lipinski definition) is 2. The minimum atomic E-state index is 0.491. The number of rotatable bonds is 2. The number of aryl methyl sites for hydroxylation is 1. The first kappa shape index (κ1) is 14.8. The first-order chi connectivity index (χ1) is 10.5. The lowest BCUT2D eigenvalue weighted by Gasteiger charge is -2.13. The van der Waals surface area contributed by atoms with Crippen molar-refractivity contribution in [1.29, 1.82) is 0 Å². The second kappa shape index (κ2) is 5.94. The third-order valence-electron chi connectivity index (χ3n) is 3.27. The minimum Gasteiger partial charge on any atom is -0.441 e. The third-order valence-corrected chi connectivity index (χ3v) is 3.88. The first-order valence-corrected chi connectivity index (χ1v) is 7.52. The van der Waals surface area contributed by atoms with E-state index in [2.05, 4.69) is 15.6 Å². The summed E-state index contributed by atoms with van der Waals surface area (Å²) in [5.41, 5.74) is 4.23. The largest absolute Gasteiger partial charge is 0.441 e. The smallest absolute Gasteiger partial charge is 0.192 e. The summed E-state index contributed by atoms with van der Waals surface area (Å²) >= 11 is 11.4. The molecule has 22 heavy (non-hydrogen) atoms. The summed E-state index contributed by atoms with van der Waals surface area (Å²) in [6, 6.07) is 11.3. The Bertz CT molecular complexity index is 860. The predicted molar refractivity (Wildman–Crippen MR) is 94.8 cm³/mol. The van der Waals surface area contributed by atoms with Gasteiger partial charge in [-0.05, 0) is 55.0 Å². The number of benzene rings is 2. The Balaban J connectivity index is 1.76. The number of fused-ring (bicyclic) bond motifs is 1. The number of nitrogens with zero attached hydrogens (tertiary/aromatic N) is 1. The summed E-state index contributed by atoms with van der Waals surface area (Å²) in [6.45, 7) is 3.76. The van der Waals surface area contributed by atoms with Gasteiger partial charge in [-0.1, -0.05) is 17.7 Å². The highest BCUT2D eigenvalue weighted by atomic mass is 35.5. The summed E-state index contributed by atoms with van der Waals surface area (Å²) in [6.07, 6.45) is 0. The third kappa shape index (κ3) is 3.05. The van der Waals surface area contributed by atoms with Crippen molar-refractivity contribution in [2.24, 2.45) is 0 Å². The van der Waals surface area contributed by atoms with Crippen molar-refractivity contribution in [3.05, 3.63) is 52.9 Å². The molecule has 0 bridgehead atoms. The highest BCUT2D eigenvalue weighted by Gasteiger charge is 2.06. The van der Waals surface area contributed by atoms with Gasteiger partial charge in [-0.3, -0.25) is 0 Å². The second-order valence-corrected chi connectivity index (χ2v) is 5.72. The average Bonchev–Trinajstić information content (AvgIpc) is 2.83. The minimum absolute atomic E-state index is 0.491. The molecular formula is C16H14ClN3OS. The maximum absolute atomic E-state index is 6.10. The Labute approximate surface area is 138 Å². The molecule has 0 radical (unpaired) electrons. The Morgan fingerprint density at radius 2 is 2.00 bits per heavy atom. The normalized spacial score (nSPS) is 10.7. The van der Waals surface area contributed by atoms with Crippen LogP contribution in [0.3, 0.4) is 0 Å². The van der Waals surface area contributed by atoms with Crippen molar-refractivity contribution in [2.45, 2.75) is 13.8 Å². The molecule has 1 aromatic heterocycles. The number of thiocarbonyl (C=S) groups is 1. The summed E-state index contributed by atoms with van der Waals surface area (Å²) in [7, 11) is 0. The van der Waals surface area contributed by atoms with Gasteiger partial charge in [0.25, 0.3) is 0 Å². The second-order valence-electron chi connectivity index (χ2n) is 4.91. The number of nitrogens with one attached hydrogen (secondary N) is 2. The molecular weight excluding hydrogens is 318 g/mol. The maximum Gasteiger partial charge on any atom is 0.192 e. The lowest BCUT2D eigenvalue weighted by Crippen LogP contribution is -2.19. The molecule has 0 unspecified atom stereocenters. The van der Waals surface area contributed by atoms with Crippen LogP contribution in [0.1, 0.15) is 11.5 Å². The fourth-order valence-electron chi connectivity index (χ4n) is 2.15. The van der Waals surface area contributed by atoms with Crippen LogP contribution in [0.2, 0.25) is 5.02 Å². The summed E-state index contributed by atoms with van der Waals surface area (Å²) in [5.74, 6) is 0.641. The van der Waals surface area contributed by atoms with Crippen LogP contribution in [0, 0.1) is 13.8 Å². The molecule has 0 spiro atoms. The van der Waals surface area contributed by atoms with Crippen LogP contribution in [-0.4, -0.2) is 10.1 Å². The van der Waals surface area contributed by atoms with Crippen molar-refractivity contribution in [3.63, 3.8) is 0 Å². The van der Waals surface area contributed by atoms with E-state index in [1.165, 1.54) is 0 Å². The van der Waals surface area contributed by atoms with Crippen LogP contribution < -0.4 is 10.6 Å². The zero-order valence-corrected chi connectivity index (χ0v) is 13.7. The molecule has 0 aliphatic heterocycles. The predicted octanol–water partition coefficient (Wildman–Crippen LogP) is 4.91. The van der Waals surface area contributed by atoms with E-state index in [4.69, 9.17) is 28.2 Å². The van der Waals surface area contributed by atoms with Crippen LogP contribution in [-0.2, 0) is 0 Å². The fraction of sp³-hybridized carbons (Fsp3) is 0.125. The van der Waals surface area contributed by atoms with Crippen molar-refractivity contribution in [2.75, 3.05) is 10.6 Å². The Morgan fingerprint density at radius 3 is 2.82 bits per heavy atom.